The molecule has 1 aliphatic carbocycles. The molecular weight excluding hydrogens is 467 g/mol. The van der Waals surface area contributed by atoms with Gasteiger partial charge in [0.05, 0.1) is 6.26 Å². The molecular formula is C20H33IN6O. The Balaban J connectivity index is 0.00000280. The van der Waals surface area contributed by atoms with Gasteiger partial charge in [-0.3, -0.25) is 10.1 Å². The zero-order valence-electron chi connectivity index (χ0n) is 17.1. The van der Waals surface area contributed by atoms with E-state index in [-0.39, 0.29) is 24.0 Å². The first-order valence-corrected chi connectivity index (χ1v) is 10.2. The molecule has 1 saturated carbocycles. The molecule has 1 fully saturated rings. The van der Waals surface area contributed by atoms with Crippen molar-refractivity contribution in [2.75, 3.05) is 13.1 Å². The van der Waals surface area contributed by atoms with E-state index in [0.29, 0.717) is 30.6 Å². The summed E-state index contributed by atoms with van der Waals surface area (Å²) in [6.45, 7) is 8.29. The van der Waals surface area contributed by atoms with Gasteiger partial charge in [-0.25, -0.2) is 4.98 Å². The normalized spacial score (nSPS) is 20.1. The molecule has 0 aliphatic heterocycles. The molecule has 2 aromatic heterocycles. The number of nitrogens with zero attached hydrogens (tertiary/aromatic N) is 3. The van der Waals surface area contributed by atoms with E-state index in [0.717, 1.165) is 30.2 Å². The lowest BCUT2D eigenvalue weighted by atomic mass is 9.80. The molecule has 3 rings (SSSR count). The standard InChI is InChI=1S/C20H32N6O.HI/c1-4-21-20(23-16-9-7-15(8-10-16)14(2)3)22-12-11-18-24-19(26-25-18)17-6-5-13-27-17;/h5-6,13-16H,4,7-12H2,1-3H3,(H2,21,22,23)(H,24,25,26);1H. The number of furan rings is 1. The highest BCUT2D eigenvalue weighted by molar-refractivity contribution is 14.0. The fraction of sp³-hybridized carbons (Fsp3) is 0.650. The van der Waals surface area contributed by atoms with Crippen LogP contribution >= 0.6 is 24.0 Å². The van der Waals surface area contributed by atoms with Crippen molar-refractivity contribution in [1.82, 2.24) is 25.8 Å². The molecule has 0 amide bonds. The number of aromatic amines is 1. The predicted octanol–water partition coefficient (Wildman–Crippen LogP) is 4.00. The van der Waals surface area contributed by atoms with Crippen LogP contribution in [0.5, 0.6) is 0 Å². The molecule has 28 heavy (non-hydrogen) atoms. The maximum atomic E-state index is 5.32. The molecule has 1 aliphatic rings. The summed E-state index contributed by atoms with van der Waals surface area (Å²) in [4.78, 5) is 9.18. The quantitative estimate of drug-likeness (QED) is 0.304. The average molecular weight is 500 g/mol. The summed E-state index contributed by atoms with van der Waals surface area (Å²) < 4.78 is 5.32. The summed E-state index contributed by atoms with van der Waals surface area (Å²) >= 11 is 0. The maximum absolute atomic E-state index is 5.32. The highest BCUT2D eigenvalue weighted by Crippen LogP contribution is 2.29. The lowest BCUT2D eigenvalue weighted by molar-refractivity contribution is 0.250. The van der Waals surface area contributed by atoms with Gasteiger partial charge in [-0.1, -0.05) is 13.8 Å². The van der Waals surface area contributed by atoms with E-state index in [4.69, 9.17) is 9.41 Å². The van der Waals surface area contributed by atoms with Gasteiger partial charge in [0.1, 0.15) is 5.82 Å². The molecule has 0 radical (unpaired) electrons. The van der Waals surface area contributed by atoms with Crippen LogP contribution in [-0.2, 0) is 6.42 Å². The fourth-order valence-electron chi connectivity index (χ4n) is 3.64. The summed E-state index contributed by atoms with van der Waals surface area (Å²) in [7, 11) is 0. The van der Waals surface area contributed by atoms with E-state index < -0.39 is 0 Å². The van der Waals surface area contributed by atoms with Crippen LogP contribution in [0.1, 0.15) is 52.3 Å². The molecule has 0 atom stereocenters. The molecule has 0 aromatic carbocycles. The van der Waals surface area contributed by atoms with Gasteiger partial charge in [0.25, 0.3) is 0 Å². The van der Waals surface area contributed by atoms with Gasteiger partial charge in [-0.05, 0) is 56.6 Å². The van der Waals surface area contributed by atoms with Crippen LogP contribution in [-0.4, -0.2) is 40.3 Å². The lowest BCUT2D eigenvalue weighted by Crippen LogP contribution is -2.45. The number of rotatable bonds is 7. The smallest absolute Gasteiger partial charge is 0.216 e. The Kier molecular flexibility index (Phi) is 9.27. The van der Waals surface area contributed by atoms with Crippen LogP contribution in [0.25, 0.3) is 11.6 Å². The Bertz CT molecular complexity index is 704. The molecule has 0 unspecified atom stereocenters. The van der Waals surface area contributed by atoms with Gasteiger partial charge in [0.15, 0.2) is 11.7 Å². The number of nitrogens with one attached hydrogen (secondary N) is 3. The zero-order chi connectivity index (χ0) is 19.1. The fourth-order valence-corrected chi connectivity index (χ4v) is 3.64. The van der Waals surface area contributed by atoms with Crippen molar-refractivity contribution in [2.45, 2.75) is 58.9 Å². The van der Waals surface area contributed by atoms with Crippen LogP contribution in [0.4, 0.5) is 0 Å². The van der Waals surface area contributed by atoms with E-state index in [1.165, 1.54) is 25.7 Å². The molecule has 156 valence electrons. The van der Waals surface area contributed by atoms with E-state index in [9.17, 15) is 0 Å². The Hall–Kier alpha value is -1.58. The van der Waals surface area contributed by atoms with Crippen molar-refractivity contribution in [3.8, 4) is 11.6 Å². The van der Waals surface area contributed by atoms with E-state index >= 15 is 0 Å². The second kappa shape index (κ2) is 11.4. The van der Waals surface area contributed by atoms with Crippen LogP contribution in [0.2, 0.25) is 0 Å². The third-order valence-electron chi connectivity index (χ3n) is 5.29. The second-order valence-corrected chi connectivity index (χ2v) is 7.59. The molecule has 2 aromatic rings. The molecule has 0 bridgehead atoms. The van der Waals surface area contributed by atoms with Crippen molar-refractivity contribution in [1.29, 1.82) is 0 Å². The van der Waals surface area contributed by atoms with Crippen LogP contribution < -0.4 is 10.6 Å². The summed E-state index contributed by atoms with van der Waals surface area (Å²) in [6, 6.07) is 4.21. The molecule has 2 heterocycles. The second-order valence-electron chi connectivity index (χ2n) is 7.59. The first-order valence-electron chi connectivity index (χ1n) is 10.2. The third-order valence-corrected chi connectivity index (χ3v) is 5.29. The Morgan fingerprint density at radius 2 is 2.11 bits per heavy atom. The number of guanidine groups is 1. The number of aliphatic imine (C=N–C) groups is 1. The monoisotopic (exact) mass is 500 g/mol. The highest BCUT2D eigenvalue weighted by Gasteiger charge is 2.23. The van der Waals surface area contributed by atoms with E-state index in [1.807, 2.05) is 12.1 Å². The largest absolute Gasteiger partial charge is 0.461 e. The molecule has 0 spiro atoms. The van der Waals surface area contributed by atoms with Gasteiger partial charge < -0.3 is 15.1 Å². The minimum absolute atomic E-state index is 0. The van der Waals surface area contributed by atoms with Crippen molar-refractivity contribution in [3.63, 3.8) is 0 Å². The number of halogens is 1. The first-order chi connectivity index (χ1) is 13.2. The van der Waals surface area contributed by atoms with Crippen molar-refractivity contribution >= 4 is 29.9 Å². The van der Waals surface area contributed by atoms with Crippen LogP contribution in [0.3, 0.4) is 0 Å². The van der Waals surface area contributed by atoms with Crippen LogP contribution in [0.15, 0.2) is 27.8 Å². The van der Waals surface area contributed by atoms with Crippen molar-refractivity contribution in [3.05, 3.63) is 24.2 Å². The zero-order valence-corrected chi connectivity index (χ0v) is 19.4. The first kappa shape index (κ1) is 22.7. The highest BCUT2D eigenvalue weighted by atomic mass is 127. The van der Waals surface area contributed by atoms with Gasteiger partial charge in [0, 0.05) is 25.6 Å². The van der Waals surface area contributed by atoms with Gasteiger partial charge in [-0.15, -0.1) is 24.0 Å². The summed E-state index contributed by atoms with van der Waals surface area (Å²) in [5.74, 6) is 4.65. The number of H-pyrrole nitrogens is 1. The van der Waals surface area contributed by atoms with Crippen molar-refractivity contribution in [2.24, 2.45) is 16.8 Å². The Morgan fingerprint density at radius 1 is 1.32 bits per heavy atom. The lowest BCUT2D eigenvalue weighted by Gasteiger charge is -2.32. The average Bonchev–Trinajstić information content (AvgIpc) is 3.34. The predicted molar refractivity (Wildman–Crippen MR) is 123 cm³/mol. The molecule has 8 heteroatoms. The molecule has 3 N–H and O–H groups in total. The summed E-state index contributed by atoms with van der Waals surface area (Å²) in [5.41, 5.74) is 0. The molecule has 0 saturated heterocycles. The van der Waals surface area contributed by atoms with Crippen LogP contribution in [0, 0.1) is 11.8 Å². The SMILES string of the molecule is CCNC(=NCCc1nc(-c2ccco2)n[nH]1)NC1CCC(C(C)C)CC1.I. The minimum atomic E-state index is 0. The Labute approximate surface area is 184 Å². The van der Waals surface area contributed by atoms with Gasteiger partial charge >= 0.3 is 0 Å². The number of hydrogen-bond acceptors (Lipinski definition) is 4. The van der Waals surface area contributed by atoms with E-state index in [1.54, 1.807) is 6.26 Å². The third kappa shape index (κ3) is 6.49. The van der Waals surface area contributed by atoms with Crippen molar-refractivity contribution < 1.29 is 4.42 Å². The minimum Gasteiger partial charge on any atom is -0.461 e. The molecule has 7 nitrogen and oxygen atoms in total. The van der Waals surface area contributed by atoms with Gasteiger partial charge in [0.2, 0.25) is 5.82 Å². The van der Waals surface area contributed by atoms with Gasteiger partial charge in [-0.2, -0.15) is 5.10 Å². The number of hydrogen-bond donors (Lipinski definition) is 3. The number of aromatic nitrogens is 3. The van der Waals surface area contributed by atoms with E-state index in [2.05, 4.69) is 46.6 Å². The summed E-state index contributed by atoms with van der Waals surface area (Å²) in [6.07, 6.45) is 7.40. The maximum Gasteiger partial charge on any atom is 0.216 e. The Morgan fingerprint density at radius 3 is 2.75 bits per heavy atom. The topological polar surface area (TPSA) is 91.1 Å². The summed E-state index contributed by atoms with van der Waals surface area (Å²) in [5, 5.41) is 14.1.